The van der Waals surface area contributed by atoms with Gasteiger partial charge in [0.2, 0.25) is 0 Å². The van der Waals surface area contributed by atoms with E-state index in [1.165, 1.54) is 66.2 Å². The molecule has 0 heterocycles. The lowest BCUT2D eigenvalue weighted by atomic mass is 9.74. The van der Waals surface area contributed by atoms with Crippen molar-refractivity contribution in [1.82, 2.24) is 0 Å². The average molecular weight is 698 g/mol. The van der Waals surface area contributed by atoms with Gasteiger partial charge in [-0.1, -0.05) is 160 Å². The van der Waals surface area contributed by atoms with Gasteiger partial charge < -0.3 is 4.90 Å². The Bertz CT molecular complexity index is 2540. The molecule has 0 aromatic heterocycles. The van der Waals surface area contributed by atoms with Crippen LogP contribution < -0.4 is 4.90 Å². The molecule has 264 valence electrons. The molecule has 7 aromatic rings. The first-order chi connectivity index (χ1) is 26.4. The van der Waals surface area contributed by atoms with Crippen LogP contribution in [0.5, 0.6) is 0 Å². The second kappa shape index (κ2) is 15.7. The summed E-state index contributed by atoms with van der Waals surface area (Å²) in [7, 11) is 0. The minimum atomic E-state index is -0.254. The average Bonchev–Trinajstić information content (AvgIpc) is 3.47. The summed E-state index contributed by atoms with van der Waals surface area (Å²) in [5.74, 6) is 0. The molecular weight excluding hydrogens is 651 g/mol. The van der Waals surface area contributed by atoms with Crippen LogP contribution in [0, 0.1) is 0 Å². The Balaban J connectivity index is 0.000000508. The van der Waals surface area contributed by atoms with Gasteiger partial charge in [0.25, 0.3) is 0 Å². The van der Waals surface area contributed by atoms with Crippen molar-refractivity contribution in [2.24, 2.45) is 0 Å². The van der Waals surface area contributed by atoms with Crippen molar-refractivity contribution in [3.63, 3.8) is 0 Å². The van der Waals surface area contributed by atoms with E-state index in [2.05, 4.69) is 209 Å². The molecule has 1 aliphatic rings. The normalized spacial score (nSPS) is 14.6. The third-order valence-corrected chi connectivity index (χ3v) is 10.8. The summed E-state index contributed by atoms with van der Waals surface area (Å²) in [6, 6.07) is 55.2. The Kier molecular flexibility index (Phi) is 10.4. The highest BCUT2D eigenvalue weighted by molar-refractivity contribution is 5.99. The fraction of sp³-hybridized carbons (Fsp3) is 0.0943. The van der Waals surface area contributed by atoms with Crippen LogP contribution in [-0.2, 0) is 5.41 Å². The van der Waals surface area contributed by atoms with Gasteiger partial charge in [0.1, 0.15) is 0 Å². The maximum Gasteiger partial charge on any atom is 0.0540 e. The van der Waals surface area contributed by atoms with E-state index < -0.39 is 0 Å². The summed E-state index contributed by atoms with van der Waals surface area (Å²) in [5, 5.41) is 4.96. The SMILES string of the molecule is C=C(/C=C\C)C1(C)c2ccccc2-c2cc3cc(-c4ccc(N(c5ccccc5)c5cccc6ccccc56)cc4)ccc3cc21.C=C/C=C(\C=C)CC. The van der Waals surface area contributed by atoms with E-state index in [0.717, 1.165) is 23.4 Å². The summed E-state index contributed by atoms with van der Waals surface area (Å²) in [6.07, 6.45) is 10.9. The Morgan fingerprint density at radius 2 is 1.31 bits per heavy atom. The van der Waals surface area contributed by atoms with E-state index in [0.29, 0.717) is 0 Å². The van der Waals surface area contributed by atoms with Crippen molar-refractivity contribution < 1.29 is 0 Å². The number of hydrogen-bond donors (Lipinski definition) is 0. The minimum Gasteiger partial charge on any atom is -0.310 e. The standard InChI is InChI=1S/C45H35N.C8H12/c1-4-13-31(2)45(3)42-20-11-10-19-40(42)41-29-36-28-34(22-23-35(36)30-43(41)45)32-24-26-38(27-25-32)46(37-16-6-5-7-17-37)44-21-12-15-33-14-8-9-18-39(33)44;1-4-7-8(5-2)6-3/h4-30H,2H2,1,3H3;4-5,7H,1-2,6H2,3H3/b13-4-;8-7+. The van der Waals surface area contributed by atoms with Gasteiger partial charge in [-0.15, -0.1) is 0 Å². The molecule has 0 bridgehead atoms. The van der Waals surface area contributed by atoms with E-state index in [1.54, 1.807) is 6.08 Å². The molecule has 1 aliphatic carbocycles. The molecule has 0 saturated carbocycles. The molecule has 1 unspecified atom stereocenters. The van der Waals surface area contributed by atoms with Gasteiger partial charge in [-0.25, -0.2) is 0 Å². The largest absolute Gasteiger partial charge is 0.310 e. The zero-order chi connectivity index (χ0) is 37.7. The molecule has 1 heteroatoms. The second-order valence-corrected chi connectivity index (χ2v) is 13.9. The van der Waals surface area contributed by atoms with Crippen LogP contribution in [0.2, 0.25) is 0 Å². The van der Waals surface area contributed by atoms with Crippen LogP contribution in [0.3, 0.4) is 0 Å². The van der Waals surface area contributed by atoms with Crippen molar-refractivity contribution in [2.45, 2.75) is 32.6 Å². The van der Waals surface area contributed by atoms with E-state index in [1.807, 2.05) is 12.2 Å². The van der Waals surface area contributed by atoms with Crippen molar-refractivity contribution in [1.29, 1.82) is 0 Å². The number of nitrogens with zero attached hydrogens (tertiary/aromatic N) is 1. The van der Waals surface area contributed by atoms with Crippen LogP contribution in [-0.4, -0.2) is 0 Å². The number of anilines is 3. The van der Waals surface area contributed by atoms with Gasteiger partial charge in [-0.2, -0.15) is 0 Å². The van der Waals surface area contributed by atoms with Gasteiger partial charge in [0, 0.05) is 22.2 Å². The molecule has 1 nitrogen and oxygen atoms in total. The first-order valence-electron chi connectivity index (χ1n) is 18.8. The lowest BCUT2D eigenvalue weighted by Gasteiger charge is -2.28. The Labute approximate surface area is 321 Å². The summed E-state index contributed by atoms with van der Waals surface area (Å²) in [4.78, 5) is 2.35. The molecule has 7 aromatic carbocycles. The molecule has 0 radical (unpaired) electrons. The smallest absolute Gasteiger partial charge is 0.0540 e. The lowest BCUT2D eigenvalue weighted by molar-refractivity contribution is 0.716. The Morgan fingerprint density at radius 1 is 0.630 bits per heavy atom. The topological polar surface area (TPSA) is 3.24 Å². The highest BCUT2D eigenvalue weighted by atomic mass is 15.1. The fourth-order valence-electron chi connectivity index (χ4n) is 7.82. The predicted octanol–water partition coefficient (Wildman–Crippen LogP) is 15.2. The van der Waals surface area contributed by atoms with Crippen LogP contribution in [0.25, 0.3) is 43.8 Å². The first kappa shape index (κ1) is 35.9. The molecule has 0 amide bonds. The highest BCUT2D eigenvalue weighted by Crippen LogP contribution is 2.53. The zero-order valence-corrected chi connectivity index (χ0v) is 31.6. The van der Waals surface area contributed by atoms with Crippen LogP contribution >= 0.6 is 0 Å². The van der Waals surface area contributed by atoms with E-state index >= 15 is 0 Å². The van der Waals surface area contributed by atoms with Crippen molar-refractivity contribution in [3.8, 4) is 22.3 Å². The van der Waals surface area contributed by atoms with E-state index in [9.17, 15) is 0 Å². The zero-order valence-electron chi connectivity index (χ0n) is 31.6. The number of rotatable bonds is 9. The lowest BCUT2D eigenvalue weighted by Crippen LogP contribution is -2.22. The maximum absolute atomic E-state index is 4.51. The fourth-order valence-corrected chi connectivity index (χ4v) is 7.82. The van der Waals surface area contributed by atoms with E-state index in [-0.39, 0.29) is 5.41 Å². The highest BCUT2D eigenvalue weighted by Gasteiger charge is 2.40. The van der Waals surface area contributed by atoms with Gasteiger partial charge in [0.05, 0.1) is 5.69 Å². The quantitative estimate of drug-likeness (QED) is 0.136. The monoisotopic (exact) mass is 697 g/mol. The molecule has 0 saturated heterocycles. The van der Waals surface area contributed by atoms with Crippen LogP contribution in [0.15, 0.2) is 213 Å². The van der Waals surface area contributed by atoms with Gasteiger partial charge in [0.15, 0.2) is 0 Å². The van der Waals surface area contributed by atoms with Gasteiger partial charge in [-0.05, 0) is 129 Å². The minimum absolute atomic E-state index is 0.254. The summed E-state index contributed by atoms with van der Waals surface area (Å²) < 4.78 is 0. The Hall–Kier alpha value is -6.44. The number of para-hydroxylation sites is 1. The predicted molar refractivity (Wildman–Crippen MR) is 236 cm³/mol. The number of benzene rings is 7. The number of hydrogen-bond acceptors (Lipinski definition) is 1. The van der Waals surface area contributed by atoms with Crippen molar-refractivity contribution >= 4 is 38.6 Å². The third kappa shape index (κ3) is 6.66. The third-order valence-electron chi connectivity index (χ3n) is 10.8. The molecule has 0 fully saturated rings. The molecule has 1 atom stereocenters. The van der Waals surface area contributed by atoms with Gasteiger partial charge >= 0.3 is 0 Å². The molecule has 8 rings (SSSR count). The maximum atomic E-state index is 4.51. The molecular formula is C53H47N. The molecule has 54 heavy (non-hydrogen) atoms. The summed E-state index contributed by atoms with van der Waals surface area (Å²) in [5.41, 5.74) is 13.2. The summed E-state index contributed by atoms with van der Waals surface area (Å²) in [6.45, 7) is 18.2. The van der Waals surface area contributed by atoms with Crippen LogP contribution in [0.1, 0.15) is 38.3 Å². The van der Waals surface area contributed by atoms with Crippen LogP contribution in [0.4, 0.5) is 17.1 Å². The van der Waals surface area contributed by atoms with Gasteiger partial charge in [-0.3, -0.25) is 0 Å². The first-order valence-corrected chi connectivity index (χ1v) is 18.8. The van der Waals surface area contributed by atoms with E-state index in [4.69, 9.17) is 0 Å². The second-order valence-electron chi connectivity index (χ2n) is 13.9. The van der Waals surface area contributed by atoms with Crippen molar-refractivity contribution in [2.75, 3.05) is 4.90 Å². The summed E-state index contributed by atoms with van der Waals surface area (Å²) >= 11 is 0. The number of fused-ring (bicyclic) bond motifs is 5. The van der Waals surface area contributed by atoms with Crippen molar-refractivity contribution in [3.05, 3.63) is 224 Å². The molecule has 0 spiro atoms. The Morgan fingerprint density at radius 3 is 2.04 bits per heavy atom. The molecule has 0 aliphatic heterocycles. The number of allylic oxidation sites excluding steroid dienone is 7. The molecule has 0 N–H and O–H groups in total.